The lowest BCUT2D eigenvalue weighted by Gasteiger charge is -2.29. The smallest absolute Gasteiger partial charge is 0.154 e. The van der Waals surface area contributed by atoms with Gasteiger partial charge in [0.2, 0.25) is 0 Å². The van der Waals surface area contributed by atoms with Gasteiger partial charge in [-0.25, -0.2) is 5.11 Å². The van der Waals surface area contributed by atoms with E-state index in [1.165, 1.54) is 11.1 Å². The first-order chi connectivity index (χ1) is 14.7. The van der Waals surface area contributed by atoms with Crippen molar-refractivity contribution < 1.29 is 5.11 Å². The molecule has 4 aromatic rings. The lowest BCUT2D eigenvalue weighted by Crippen LogP contribution is -2.28. The molecule has 1 aliphatic rings. The molecule has 0 aromatic heterocycles. The van der Waals surface area contributed by atoms with Crippen LogP contribution in [0, 0.1) is 5.92 Å². The van der Waals surface area contributed by atoms with E-state index in [-0.39, 0.29) is 5.41 Å². The molecule has 147 valence electrons. The third kappa shape index (κ3) is 3.16. The fourth-order valence-corrected chi connectivity index (χ4v) is 5.09. The van der Waals surface area contributed by atoms with Gasteiger partial charge in [0.05, 0.1) is 0 Å². The summed E-state index contributed by atoms with van der Waals surface area (Å²) in [5.74, 6) is 0.292. The first kappa shape index (κ1) is 18.8. The van der Waals surface area contributed by atoms with Crippen molar-refractivity contribution in [1.29, 1.82) is 0 Å². The van der Waals surface area contributed by atoms with Gasteiger partial charge in [-0.3, -0.25) is 0 Å². The summed E-state index contributed by atoms with van der Waals surface area (Å²) in [5.41, 5.74) is 2.96. The Hall–Kier alpha value is -3.16. The Labute approximate surface area is 178 Å². The minimum atomic E-state index is -1.27. The van der Waals surface area contributed by atoms with Crippen LogP contribution in [0.4, 0.5) is 0 Å². The molecule has 1 aliphatic carbocycles. The second-order valence-electron chi connectivity index (χ2n) is 8.37. The van der Waals surface area contributed by atoms with Crippen LogP contribution in [-0.4, -0.2) is 0 Å². The van der Waals surface area contributed by atoms with Gasteiger partial charge in [-0.15, -0.1) is 0 Å². The Morgan fingerprint density at radius 3 is 1.37 bits per heavy atom. The molecular formula is C29H25O. The Balaban J connectivity index is 1.58. The van der Waals surface area contributed by atoms with Crippen molar-refractivity contribution in [2.45, 2.75) is 23.9 Å². The van der Waals surface area contributed by atoms with Crippen molar-refractivity contribution in [3.63, 3.8) is 0 Å². The SMILES string of the molecule is [O]C(CC1CC1(c1ccccc1)c1ccccc1)(c1ccccc1)c1ccccc1. The Morgan fingerprint density at radius 2 is 0.967 bits per heavy atom. The van der Waals surface area contributed by atoms with Crippen LogP contribution in [0.2, 0.25) is 0 Å². The maximum atomic E-state index is 14.5. The molecule has 0 bridgehead atoms. The van der Waals surface area contributed by atoms with Crippen molar-refractivity contribution in [3.05, 3.63) is 144 Å². The summed E-state index contributed by atoms with van der Waals surface area (Å²) in [6.45, 7) is 0. The highest BCUT2D eigenvalue weighted by molar-refractivity contribution is 5.48. The Morgan fingerprint density at radius 1 is 0.600 bits per heavy atom. The highest BCUT2D eigenvalue weighted by Gasteiger charge is 2.59. The average Bonchev–Trinajstić information content (AvgIpc) is 3.56. The maximum absolute atomic E-state index is 14.5. The summed E-state index contributed by atoms with van der Waals surface area (Å²) >= 11 is 0. The lowest BCUT2D eigenvalue weighted by atomic mass is 9.78. The fraction of sp³-hybridized carbons (Fsp3) is 0.172. The van der Waals surface area contributed by atoms with E-state index in [0.717, 1.165) is 17.5 Å². The van der Waals surface area contributed by atoms with Crippen molar-refractivity contribution in [3.8, 4) is 0 Å². The average molecular weight is 390 g/mol. The van der Waals surface area contributed by atoms with Crippen LogP contribution in [0.25, 0.3) is 0 Å². The van der Waals surface area contributed by atoms with Gasteiger partial charge < -0.3 is 0 Å². The fourth-order valence-electron chi connectivity index (χ4n) is 5.09. The number of rotatable bonds is 6. The summed E-state index contributed by atoms with van der Waals surface area (Å²) in [5, 5.41) is 14.5. The van der Waals surface area contributed by atoms with E-state index in [9.17, 15) is 5.11 Å². The highest BCUT2D eigenvalue weighted by atomic mass is 16.3. The van der Waals surface area contributed by atoms with E-state index in [4.69, 9.17) is 0 Å². The zero-order valence-electron chi connectivity index (χ0n) is 16.9. The van der Waals surface area contributed by atoms with Gasteiger partial charge in [-0.2, -0.15) is 0 Å². The topological polar surface area (TPSA) is 19.9 Å². The van der Waals surface area contributed by atoms with Crippen LogP contribution < -0.4 is 0 Å². The molecule has 0 heterocycles. The standard InChI is InChI=1S/C29H25O/c30-29(25-17-9-3-10-18-25,26-19-11-4-12-20-26)22-27-21-28(27,23-13-5-1-6-14-23)24-15-7-2-8-16-24/h1-20,27H,21-22H2. The molecule has 1 nitrogen and oxygen atoms in total. The van der Waals surface area contributed by atoms with E-state index in [2.05, 4.69) is 60.7 Å². The second kappa shape index (κ2) is 7.59. The van der Waals surface area contributed by atoms with Gasteiger partial charge >= 0.3 is 0 Å². The molecule has 1 radical (unpaired) electrons. The quantitative estimate of drug-likeness (QED) is 0.347. The van der Waals surface area contributed by atoms with Crippen molar-refractivity contribution in [2.75, 3.05) is 0 Å². The van der Waals surface area contributed by atoms with Crippen molar-refractivity contribution >= 4 is 0 Å². The zero-order chi connectivity index (χ0) is 20.4. The highest BCUT2D eigenvalue weighted by Crippen LogP contribution is 2.62. The normalized spacial score (nSPS) is 17.4. The van der Waals surface area contributed by atoms with Gasteiger partial charge in [-0.05, 0) is 41.0 Å². The maximum Gasteiger partial charge on any atom is 0.154 e. The van der Waals surface area contributed by atoms with Crippen LogP contribution in [-0.2, 0) is 16.1 Å². The molecule has 0 N–H and O–H groups in total. The van der Waals surface area contributed by atoms with Gasteiger partial charge in [0.25, 0.3) is 0 Å². The Kier molecular flexibility index (Phi) is 4.77. The van der Waals surface area contributed by atoms with Crippen molar-refractivity contribution in [2.24, 2.45) is 5.92 Å². The first-order valence-corrected chi connectivity index (χ1v) is 10.7. The van der Waals surface area contributed by atoms with Crippen molar-refractivity contribution in [1.82, 2.24) is 0 Å². The van der Waals surface area contributed by atoms with Gasteiger partial charge in [0.15, 0.2) is 5.60 Å². The van der Waals surface area contributed by atoms with Crippen LogP contribution in [0.1, 0.15) is 35.1 Å². The number of hydrogen-bond acceptors (Lipinski definition) is 0. The molecule has 1 heteroatoms. The predicted molar refractivity (Wildman–Crippen MR) is 121 cm³/mol. The summed E-state index contributed by atoms with van der Waals surface area (Å²) in [4.78, 5) is 0. The van der Waals surface area contributed by atoms with Gasteiger partial charge in [-0.1, -0.05) is 121 Å². The van der Waals surface area contributed by atoms with E-state index in [1.54, 1.807) is 0 Å². The molecular weight excluding hydrogens is 364 g/mol. The lowest BCUT2D eigenvalue weighted by molar-refractivity contribution is -0.0108. The minimum absolute atomic E-state index is 0.0816. The molecule has 0 amide bonds. The zero-order valence-corrected chi connectivity index (χ0v) is 16.9. The molecule has 30 heavy (non-hydrogen) atoms. The molecule has 4 aromatic carbocycles. The molecule has 0 spiro atoms. The van der Waals surface area contributed by atoms with E-state index < -0.39 is 5.60 Å². The van der Waals surface area contributed by atoms with Gasteiger partial charge in [0.1, 0.15) is 0 Å². The van der Waals surface area contributed by atoms with Crippen LogP contribution in [0.15, 0.2) is 121 Å². The Bertz CT molecular complexity index is 1010. The third-order valence-electron chi connectivity index (χ3n) is 6.70. The monoisotopic (exact) mass is 389 g/mol. The van der Waals surface area contributed by atoms with E-state index in [0.29, 0.717) is 12.3 Å². The van der Waals surface area contributed by atoms with Crippen LogP contribution in [0.5, 0.6) is 0 Å². The molecule has 1 saturated carbocycles. The summed E-state index contributed by atoms with van der Waals surface area (Å²) in [6.07, 6.45) is 1.58. The van der Waals surface area contributed by atoms with E-state index >= 15 is 0 Å². The summed E-state index contributed by atoms with van der Waals surface area (Å²) < 4.78 is 0. The van der Waals surface area contributed by atoms with Gasteiger partial charge in [0, 0.05) is 5.41 Å². The molecule has 1 atom stereocenters. The number of benzene rings is 4. The minimum Gasteiger partial charge on any atom is -0.219 e. The molecule has 0 saturated heterocycles. The number of hydrogen-bond donors (Lipinski definition) is 0. The summed E-state index contributed by atoms with van der Waals surface area (Å²) in [6, 6.07) is 41.2. The predicted octanol–water partition coefficient (Wildman–Crippen LogP) is 6.76. The van der Waals surface area contributed by atoms with Crippen LogP contribution in [0.3, 0.4) is 0 Å². The molecule has 1 unspecified atom stereocenters. The second-order valence-corrected chi connectivity index (χ2v) is 8.37. The van der Waals surface area contributed by atoms with E-state index in [1.807, 2.05) is 60.7 Å². The molecule has 1 fully saturated rings. The largest absolute Gasteiger partial charge is 0.219 e. The molecule has 0 aliphatic heterocycles. The van der Waals surface area contributed by atoms with Crippen LogP contribution >= 0.6 is 0 Å². The summed E-state index contributed by atoms with van der Waals surface area (Å²) in [7, 11) is 0. The molecule has 5 rings (SSSR count). The first-order valence-electron chi connectivity index (χ1n) is 10.7. The third-order valence-corrected chi connectivity index (χ3v) is 6.70.